The fourth-order valence-electron chi connectivity index (χ4n) is 1.26. The van der Waals surface area contributed by atoms with Crippen LogP contribution < -0.4 is 10.6 Å². The fourth-order valence-corrected chi connectivity index (χ4v) is 2.03. The molecule has 0 aliphatic rings. The van der Waals surface area contributed by atoms with Crippen molar-refractivity contribution >= 4 is 23.5 Å². The maximum Gasteiger partial charge on any atom is 0.398 e. The van der Waals surface area contributed by atoms with Crippen molar-refractivity contribution in [1.82, 2.24) is 5.32 Å². The molecule has 0 spiro atoms. The third-order valence-electron chi connectivity index (χ3n) is 2.06. The van der Waals surface area contributed by atoms with Crippen LogP contribution in [0.25, 0.3) is 0 Å². The van der Waals surface area contributed by atoms with Gasteiger partial charge in [-0.15, -0.1) is 11.8 Å². The van der Waals surface area contributed by atoms with Crippen molar-refractivity contribution in [3.63, 3.8) is 0 Å². The Bertz CT molecular complexity index is 424. The van der Waals surface area contributed by atoms with Crippen LogP contribution in [-0.2, 0) is 0 Å². The second-order valence-corrected chi connectivity index (χ2v) is 4.80. The standard InChI is InChI=1S/C12H15F3N2OS/c1-2-7-16-11(18)17-9-5-3-4-6-10(9)19-8-12(13,14)15/h3-6H,2,7-8H2,1H3,(H2,16,17,18). The van der Waals surface area contributed by atoms with Crippen LogP contribution in [0, 0.1) is 0 Å². The van der Waals surface area contributed by atoms with Crippen LogP contribution in [0.3, 0.4) is 0 Å². The quantitative estimate of drug-likeness (QED) is 0.809. The Morgan fingerprint density at radius 3 is 2.63 bits per heavy atom. The summed E-state index contributed by atoms with van der Waals surface area (Å²) in [5, 5.41) is 5.14. The van der Waals surface area contributed by atoms with Crippen LogP contribution in [0.4, 0.5) is 23.7 Å². The minimum Gasteiger partial charge on any atom is -0.338 e. The monoisotopic (exact) mass is 292 g/mol. The molecule has 0 saturated heterocycles. The van der Waals surface area contributed by atoms with Crippen LogP contribution in [0.1, 0.15) is 13.3 Å². The van der Waals surface area contributed by atoms with Crippen LogP contribution in [0.5, 0.6) is 0 Å². The average Bonchev–Trinajstić information content (AvgIpc) is 2.34. The van der Waals surface area contributed by atoms with Crippen LogP contribution in [0.15, 0.2) is 29.2 Å². The molecule has 0 saturated carbocycles. The zero-order valence-electron chi connectivity index (χ0n) is 10.4. The topological polar surface area (TPSA) is 41.1 Å². The number of carbonyl (C=O) groups excluding carboxylic acids is 1. The number of halogens is 3. The summed E-state index contributed by atoms with van der Waals surface area (Å²) in [6.45, 7) is 2.43. The number of anilines is 1. The molecule has 0 atom stereocenters. The number of thioether (sulfide) groups is 1. The third kappa shape index (κ3) is 6.37. The van der Waals surface area contributed by atoms with E-state index in [9.17, 15) is 18.0 Å². The highest BCUT2D eigenvalue weighted by Crippen LogP contribution is 2.31. The van der Waals surface area contributed by atoms with Gasteiger partial charge in [0.25, 0.3) is 0 Å². The predicted octanol–water partition coefficient (Wildman–Crippen LogP) is 3.87. The first-order valence-electron chi connectivity index (χ1n) is 5.76. The number of benzene rings is 1. The van der Waals surface area contributed by atoms with E-state index in [-0.39, 0.29) is 0 Å². The van der Waals surface area contributed by atoms with Gasteiger partial charge in [-0.25, -0.2) is 4.79 Å². The first-order chi connectivity index (χ1) is 8.92. The van der Waals surface area contributed by atoms with Gasteiger partial charge in [0.1, 0.15) is 0 Å². The number of alkyl halides is 3. The van der Waals surface area contributed by atoms with Crippen molar-refractivity contribution < 1.29 is 18.0 Å². The SMILES string of the molecule is CCCNC(=O)Nc1ccccc1SCC(F)(F)F. The van der Waals surface area contributed by atoms with Gasteiger partial charge in [-0.1, -0.05) is 19.1 Å². The molecule has 106 valence electrons. The summed E-state index contributed by atoms with van der Waals surface area (Å²) < 4.78 is 36.5. The lowest BCUT2D eigenvalue weighted by atomic mass is 10.3. The second kappa shape index (κ2) is 7.28. The molecule has 7 heteroatoms. The number of para-hydroxylation sites is 1. The fraction of sp³-hybridized carbons (Fsp3) is 0.417. The Kier molecular flexibility index (Phi) is 6.01. The number of carbonyl (C=O) groups is 1. The van der Waals surface area contributed by atoms with Crippen LogP contribution in [-0.4, -0.2) is 24.5 Å². The number of amides is 2. The summed E-state index contributed by atoms with van der Waals surface area (Å²) in [4.78, 5) is 11.9. The molecule has 3 nitrogen and oxygen atoms in total. The number of hydrogen-bond donors (Lipinski definition) is 2. The van der Waals surface area contributed by atoms with Crippen molar-refractivity contribution in [2.24, 2.45) is 0 Å². The first-order valence-corrected chi connectivity index (χ1v) is 6.74. The van der Waals surface area contributed by atoms with E-state index in [0.29, 0.717) is 28.9 Å². The van der Waals surface area contributed by atoms with Gasteiger partial charge in [0, 0.05) is 11.4 Å². The van der Waals surface area contributed by atoms with Crippen molar-refractivity contribution in [2.75, 3.05) is 17.6 Å². The van der Waals surface area contributed by atoms with Gasteiger partial charge in [0.2, 0.25) is 0 Å². The summed E-state index contributed by atoms with van der Waals surface area (Å²) in [6.07, 6.45) is -3.44. The third-order valence-corrected chi connectivity index (χ3v) is 3.20. The number of rotatable bonds is 5. The summed E-state index contributed by atoms with van der Waals surface area (Å²) in [5.41, 5.74) is 0.380. The lowest BCUT2D eigenvalue weighted by molar-refractivity contribution is -0.105. The van der Waals surface area contributed by atoms with E-state index in [1.807, 2.05) is 6.92 Å². The minimum absolute atomic E-state index is 0.380. The van der Waals surface area contributed by atoms with Gasteiger partial charge in [-0.2, -0.15) is 13.2 Å². The molecule has 1 rings (SSSR count). The predicted molar refractivity (Wildman–Crippen MR) is 70.5 cm³/mol. The molecule has 0 bridgehead atoms. The zero-order chi connectivity index (χ0) is 14.3. The molecule has 0 aromatic heterocycles. The summed E-state index contributed by atoms with van der Waals surface area (Å²) in [5.74, 6) is -0.984. The summed E-state index contributed by atoms with van der Waals surface area (Å²) in [7, 11) is 0. The molecular weight excluding hydrogens is 277 g/mol. The Labute approximate surface area is 114 Å². The van der Waals surface area contributed by atoms with Gasteiger partial charge < -0.3 is 10.6 Å². The van der Waals surface area contributed by atoms with E-state index in [1.165, 1.54) is 0 Å². The second-order valence-electron chi connectivity index (χ2n) is 3.78. The smallest absolute Gasteiger partial charge is 0.338 e. The minimum atomic E-state index is -4.23. The molecule has 2 N–H and O–H groups in total. The summed E-state index contributed by atoms with van der Waals surface area (Å²) >= 11 is 0.652. The maximum atomic E-state index is 12.2. The first kappa shape index (κ1) is 15.7. The van der Waals surface area contributed by atoms with E-state index in [4.69, 9.17) is 0 Å². The summed E-state index contributed by atoms with van der Waals surface area (Å²) in [6, 6.07) is 6.00. The van der Waals surface area contributed by atoms with E-state index >= 15 is 0 Å². The molecule has 1 aromatic carbocycles. The Balaban J connectivity index is 2.65. The van der Waals surface area contributed by atoms with Crippen LogP contribution in [0.2, 0.25) is 0 Å². The molecule has 0 unspecified atom stereocenters. The van der Waals surface area contributed by atoms with Gasteiger partial charge in [0.15, 0.2) is 0 Å². The van der Waals surface area contributed by atoms with Gasteiger partial charge in [-0.3, -0.25) is 0 Å². The number of urea groups is 1. The molecule has 1 aromatic rings. The zero-order valence-corrected chi connectivity index (χ0v) is 11.2. The van der Waals surface area contributed by atoms with Gasteiger partial charge in [0.05, 0.1) is 11.4 Å². The Morgan fingerprint density at radius 1 is 1.32 bits per heavy atom. The normalized spacial score (nSPS) is 11.2. The maximum absolute atomic E-state index is 12.2. The Morgan fingerprint density at radius 2 is 2.00 bits per heavy atom. The van der Waals surface area contributed by atoms with Crippen molar-refractivity contribution in [1.29, 1.82) is 0 Å². The largest absolute Gasteiger partial charge is 0.398 e. The van der Waals surface area contributed by atoms with Crippen LogP contribution >= 0.6 is 11.8 Å². The van der Waals surface area contributed by atoms with E-state index in [2.05, 4.69) is 10.6 Å². The molecule has 19 heavy (non-hydrogen) atoms. The molecule has 0 radical (unpaired) electrons. The highest BCUT2D eigenvalue weighted by Gasteiger charge is 2.27. The lowest BCUT2D eigenvalue weighted by Gasteiger charge is -2.12. The van der Waals surface area contributed by atoms with Gasteiger partial charge in [-0.05, 0) is 18.6 Å². The van der Waals surface area contributed by atoms with Crippen molar-refractivity contribution in [2.45, 2.75) is 24.4 Å². The molecule has 0 aliphatic carbocycles. The Hall–Kier alpha value is -1.37. The average molecular weight is 292 g/mol. The highest BCUT2D eigenvalue weighted by molar-refractivity contribution is 7.99. The molecule has 0 fully saturated rings. The number of hydrogen-bond acceptors (Lipinski definition) is 2. The molecular formula is C12H15F3N2OS. The molecule has 0 heterocycles. The highest BCUT2D eigenvalue weighted by atomic mass is 32.2. The van der Waals surface area contributed by atoms with E-state index in [0.717, 1.165) is 6.42 Å². The van der Waals surface area contributed by atoms with E-state index in [1.54, 1.807) is 24.3 Å². The number of nitrogens with one attached hydrogen (secondary N) is 2. The van der Waals surface area contributed by atoms with Crippen molar-refractivity contribution in [3.8, 4) is 0 Å². The molecule has 2 amide bonds. The molecule has 0 aliphatic heterocycles. The lowest BCUT2D eigenvalue weighted by Crippen LogP contribution is -2.29. The van der Waals surface area contributed by atoms with Gasteiger partial charge >= 0.3 is 12.2 Å². The van der Waals surface area contributed by atoms with Crippen molar-refractivity contribution in [3.05, 3.63) is 24.3 Å². The van der Waals surface area contributed by atoms with E-state index < -0.39 is 18.0 Å².